The van der Waals surface area contributed by atoms with Crippen LogP contribution in [0.5, 0.6) is 0 Å². The number of piperazine rings is 1. The van der Waals surface area contributed by atoms with Crippen molar-refractivity contribution in [2.75, 3.05) is 37.6 Å². The molecule has 2 aromatic rings. The molecule has 1 fully saturated rings. The molecule has 120 valence electrons. The Morgan fingerprint density at radius 2 is 1.78 bits per heavy atom. The number of rotatable bonds is 2. The number of benzene rings is 1. The SMILES string of the molecule is C[C@H]1CN=C(N2CCN(c3nnnn3-c3ccccc3)CC2)S1. The standard InChI is InChI=1S/C15H19N7S/c1-12-11-16-15(23-12)21-9-7-20(8-10-21)14-17-18-19-22(14)13-5-3-2-4-6-13/h2-6,12H,7-11H2,1H3/t12-/m0/s1. The predicted octanol–water partition coefficient (Wildman–Crippen LogP) is 1.28. The number of anilines is 1. The van der Waals surface area contributed by atoms with E-state index in [9.17, 15) is 0 Å². The van der Waals surface area contributed by atoms with Crippen molar-refractivity contribution in [3.63, 3.8) is 0 Å². The molecule has 0 radical (unpaired) electrons. The summed E-state index contributed by atoms with van der Waals surface area (Å²) in [6.07, 6.45) is 0. The fourth-order valence-corrected chi connectivity index (χ4v) is 3.84. The first-order chi connectivity index (χ1) is 11.3. The van der Waals surface area contributed by atoms with Gasteiger partial charge in [-0.1, -0.05) is 42.0 Å². The van der Waals surface area contributed by atoms with E-state index in [-0.39, 0.29) is 0 Å². The van der Waals surface area contributed by atoms with Crippen molar-refractivity contribution >= 4 is 22.9 Å². The van der Waals surface area contributed by atoms with Crippen LogP contribution in [0.3, 0.4) is 0 Å². The van der Waals surface area contributed by atoms with Gasteiger partial charge in [-0.05, 0) is 22.6 Å². The molecule has 1 aromatic carbocycles. The van der Waals surface area contributed by atoms with Crippen molar-refractivity contribution in [1.82, 2.24) is 25.1 Å². The minimum Gasteiger partial charge on any atom is -0.348 e. The summed E-state index contributed by atoms with van der Waals surface area (Å²) in [5.41, 5.74) is 0.986. The second kappa shape index (κ2) is 6.19. The van der Waals surface area contributed by atoms with Crippen LogP contribution in [0.4, 0.5) is 5.95 Å². The molecule has 0 aliphatic carbocycles. The number of aromatic nitrogens is 4. The van der Waals surface area contributed by atoms with Crippen LogP contribution in [0.2, 0.25) is 0 Å². The maximum absolute atomic E-state index is 4.63. The van der Waals surface area contributed by atoms with E-state index in [0.717, 1.165) is 44.4 Å². The Kier molecular flexibility index (Phi) is 3.90. The van der Waals surface area contributed by atoms with Crippen LogP contribution in [0.15, 0.2) is 35.3 Å². The largest absolute Gasteiger partial charge is 0.348 e. The fraction of sp³-hybridized carbons (Fsp3) is 0.467. The first-order valence-electron chi connectivity index (χ1n) is 7.86. The van der Waals surface area contributed by atoms with Crippen molar-refractivity contribution in [2.45, 2.75) is 12.2 Å². The zero-order valence-corrected chi connectivity index (χ0v) is 13.9. The van der Waals surface area contributed by atoms with E-state index in [0.29, 0.717) is 5.25 Å². The van der Waals surface area contributed by atoms with E-state index >= 15 is 0 Å². The van der Waals surface area contributed by atoms with Crippen molar-refractivity contribution < 1.29 is 0 Å². The number of hydrogen-bond acceptors (Lipinski definition) is 7. The molecule has 0 saturated carbocycles. The Morgan fingerprint density at radius 3 is 2.48 bits per heavy atom. The molecule has 0 unspecified atom stereocenters. The lowest BCUT2D eigenvalue weighted by molar-refractivity contribution is 0.388. The van der Waals surface area contributed by atoms with E-state index < -0.39 is 0 Å². The highest BCUT2D eigenvalue weighted by atomic mass is 32.2. The van der Waals surface area contributed by atoms with Crippen molar-refractivity contribution in [2.24, 2.45) is 4.99 Å². The molecule has 2 aliphatic rings. The summed E-state index contributed by atoms with van der Waals surface area (Å²) in [4.78, 5) is 9.25. The summed E-state index contributed by atoms with van der Waals surface area (Å²) in [7, 11) is 0. The molecule has 1 aromatic heterocycles. The van der Waals surface area contributed by atoms with Gasteiger partial charge in [0.15, 0.2) is 5.17 Å². The molecule has 0 spiro atoms. The highest BCUT2D eigenvalue weighted by Gasteiger charge is 2.26. The molecular weight excluding hydrogens is 310 g/mol. The fourth-order valence-electron chi connectivity index (χ4n) is 2.85. The molecule has 0 N–H and O–H groups in total. The first-order valence-corrected chi connectivity index (χ1v) is 8.74. The number of thioether (sulfide) groups is 1. The number of tetrazole rings is 1. The maximum atomic E-state index is 4.63. The zero-order chi connectivity index (χ0) is 15.6. The summed E-state index contributed by atoms with van der Waals surface area (Å²) in [6.45, 7) is 6.89. The molecule has 0 amide bonds. The predicted molar refractivity (Wildman–Crippen MR) is 92.3 cm³/mol. The van der Waals surface area contributed by atoms with Crippen LogP contribution < -0.4 is 4.90 Å². The van der Waals surface area contributed by atoms with Crippen molar-refractivity contribution in [3.8, 4) is 5.69 Å². The average molecular weight is 329 g/mol. The Balaban J connectivity index is 1.46. The Labute approximate surface area is 139 Å². The number of nitrogens with zero attached hydrogens (tertiary/aromatic N) is 7. The van der Waals surface area contributed by atoms with Crippen LogP contribution in [0, 0.1) is 0 Å². The van der Waals surface area contributed by atoms with Gasteiger partial charge in [-0.2, -0.15) is 4.68 Å². The lowest BCUT2D eigenvalue weighted by Gasteiger charge is -2.35. The van der Waals surface area contributed by atoms with Crippen molar-refractivity contribution in [1.29, 1.82) is 0 Å². The maximum Gasteiger partial charge on any atom is 0.250 e. The van der Waals surface area contributed by atoms with E-state index in [2.05, 4.69) is 37.2 Å². The summed E-state index contributed by atoms with van der Waals surface area (Å²) >= 11 is 1.88. The Bertz CT molecular complexity index is 691. The molecule has 2 aliphatic heterocycles. The van der Waals surface area contributed by atoms with E-state index in [1.807, 2.05) is 42.1 Å². The summed E-state index contributed by atoms with van der Waals surface area (Å²) in [5.74, 6) is 0.810. The molecule has 0 bridgehead atoms. The van der Waals surface area contributed by atoms with Gasteiger partial charge in [0.1, 0.15) is 0 Å². The van der Waals surface area contributed by atoms with Crippen LogP contribution >= 0.6 is 11.8 Å². The van der Waals surface area contributed by atoms with E-state index in [1.54, 1.807) is 4.68 Å². The molecule has 1 atom stereocenters. The van der Waals surface area contributed by atoms with Gasteiger partial charge >= 0.3 is 0 Å². The van der Waals surface area contributed by atoms with Gasteiger partial charge in [0.2, 0.25) is 5.95 Å². The van der Waals surface area contributed by atoms with Crippen molar-refractivity contribution in [3.05, 3.63) is 30.3 Å². The lowest BCUT2D eigenvalue weighted by Crippen LogP contribution is -2.48. The van der Waals surface area contributed by atoms with Gasteiger partial charge in [-0.15, -0.1) is 0 Å². The molecule has 7 nitrogen and oxygen atoms in total. The number of hydrogen-bond donors (Lipinski definition) is 0. The van der Waals surface area contributed by atoms with Crippen LogP contribution in [-0.2, 0) is 0 Å². The Hall–Kier alpha value is -2.09. The topological polar surface area (TPSA) is 62.4 Å². The van der Waals surface area contributed by atoms with Crippen LogP contribution in [0.25, 0.3) is 5.69 Å². The summed E-state index contributed by atoms with van der Waals surface area (Å²) < 4.78 is 1.81. The molecular formula is C15H19N7S. The quantitative estimate of drug-likeness (QED) is 0.827. The lowest BCUT2D eigenvalue weighted by atomic mass is 10.3. The van der Waals surface area contributed by atoms with E-state index in [4.69, 9.17) is 0 Å². The molecule has 3 heterocycles. The number of amidine groups is 1. The molecule has 8 heteroatoms. The van der Waals surface area contributed by atoms with E-state index in [1.165, 1.54) is 5.17 Å². The molecule has 4 rings (SSSR count). The van der Waals surface area contributed by atoms with Gasteiger partial charge in [0.25, 0.3) is 0 Å². The smallest absolute Gasteiger partial charge is 0.250 e. The average Bonchev–Trinajstić information content (AvgIpc) is 3.25. The third-order valence-corrected chi connectivity index (χ3v) is 5.23. The van der Waals surface area contributed by atoms with Crippen LogP contribution in [-0.4, -0.2) is 68.2 Å². The monoisotopic (exact) mass is 329 g/mol. The highest BCUT2D eigenvalue weighted by molar-refractivity contribution is 8.14. The third kappa shape index (κ3) is 2.90. The summed E-state index contributed by atoms with van der Waals surface area (Å²) in [6, 6.07) is 10.0. The Morgan fingerprint density at radius 1 is 1.04 bits per heavy atom. The first kappa shape index (κ1) is 14.5. The minimum absolute atomic E-state index is 0.605. The summed E-state index contributed by atoms with van der Waals surface area (Å²) in [5, 5.41) is 14.0. The second-order valence-corrected chi connectivity index (χ2v) is 7.16. The van der Waals surface area contributed by atoms with Gasteiger partial charge in [0.05, 0.1) is 12.2 Å². The van der Waals surface area contributed by atoms with Gasteiger partial charge in [0, 0.05) is 31.4 Å². The second-order valence-electron chi connectivity index (χ2n) is 5.75. The minimum atomic E-state index is 0.605. The number of para-hydroxylation sites is 1. The third-order valence-electron chi connectivity index (χ3n) is 4.08. The highest BCUT2D eigenvalue weighted by Crippen LogP contribution is 2.24. The number of aliphatic imine (C=N–C) groups is 1. The van der Waals surface area contributed by atoms with Gasteiger partial charge < -0.3 is 9.80 Å². The molecule has 1 saturated heterocycles. The molecule has 23 heavy (non-hydrogen) atoms. The normalized spacial score (nSPS) is 21.6. The zero-order valence-electron chi connectivity index (χ0n) is 13.0. The van der Waals surface area contributed by atoms with Crippen LogP contribution in [0.1, 0.15) is 6.92 Å². The van der Waals surface area contributed by atoms with Gasteiger partial charge in [-0.25, -0.2) is 0 Å². The van der Waals surface area contributed by atoms with Gasteiger partial charge in [-0.3, -0.25) is 4.99 Å².